The molecule has 0 radical (unpaired) electrons. The van der Waals surface area contributed by atoms with Crippen LogP contribution in [0.25, 0.3) is 0 Å². The van der Waals surface area contributed by atoms with Crippen LogP contribution in [0.3, 0.4) is 0 Å². The molecule has 2 rings (SSSR count). The number of rotatable bonds is 7. The van der Waals surface area contributed by atoms with E-state index >= 15 is 0 Å². The van der Waals surface area contributed by atoms with E-state index in [0.29, 0.717) is 19.6 Å². The number of halogens is 3. The molecular weight excluding hydrogens is 337 g/mol. The minimum atomic E-state index is -4.43. The lowest BCUT2D eigenvalue weighted by Gasteiger charge is -2.10. The SMILES string of the molecule is COCCCNC(=O)c1cc(Nc2cccc(C(F)(F)F)c2)ncn1. The highest BCUT2D eigenvalue weighted by Crippen LogP contribution is 2.31. The number of ether oxygens (including phenoxy) is 1. The van der Waals surface area contributed by atoms with Crippen molar-refractivity contribution in [3.63, 3.8) is 0 Å². The number of amides is 1. The normalized spacial score (nSPS) is 11.2. The van der Waals surface area contributed by atoms with Crippen molar-refractivity contribution in [1.82, 2.24) is 15.3 Å². The molecule has 0 saturated carbocycles. The number of aromatic nitrogens is 2. The van der Waals surface area contributed by atoms with Gasteiger partial charge in [0.2, 0.25) is 0 Å². The highest BCUT2D eigenvalue weighted by Gasteiger charge is 2.30. The number of nitrogens with zero attached hydrogens (tertiary/aromatic N) is 2. The number of hydrogen-bond donors (Lipinski definition) is 2. The van der Waals surface area contributed by atoms with Gasteiger partial charge in [-0.25, -0.2) is 9.97 Å². The quantitative estimate of drug-likeness (QED) is 0.748. The molecule has 0 saturated heterocycles. The van der Waals surface area contributed by atoms with Gasteiger partial charge in [0.05, 0.1) is 5.56 Å². The van der Waals surface area contributed by atoms with E-state index in [-0.39, 0.29) is 17.2 Å². The number of carbonyl (C=O) groups is 1. The van der Waals surface area contributed by atoms with Crippen LogP contribution < -0.4 is 10.6 Å². The first-order valence-corrected chi connectivity index (χ1v) is 7.43. The van der Waals surface area contributed by atoms with Crippen LogP contribution in [0, 0.1) is 0 Å². The maximum atomic E-state index is 12.7. The standard InChI is InChI=1S/C16H17F3N4O2/c1-25-7-3-6-20-15(24)13-9-14(22-10-21-13)23-12-5-2-4-11(8-12)16(17,18)19/h2,4-5,8-10H,3,6-7H2,1H3,(H,20,24)(H,21,22,23). The lowest BCUT2D eigenvalue weighted by atomic mass is 10.2. The van der Waals surface area contributed by atoms with E-state index in [0.717, 1.165) is 12.1 Å². The molecule has 2 aromatic rings. The number of benzene rings is 1. The third-order valence-electron chi connectivity index (χ3n) is 3.17. The summed E-state index contributed by atoms with van der Waals surface area (Å²) in [6.45, 7) is 0.944. The lowest BCUT2D eigenvalue weighted by molar-refractivity contribution is -0.137. The number of alkyl halides is 3. The van der Waals surface area contributed by atoms with Crippen LogP contribution in [0.1, 0.15) is 22.5 Å². The predicted octanol–water partition coefficient (Wildman–Crippen LogP) is 3.01. The maximum absolute atomic E-state index is 12.7. The van der Waals surface area contributed by atoms with E-state index in [4.69, 9.17) is 4.74 Å². The van der Waals surface area contributed by atoms with Gasteiger partial charge in [-0.3, -0.25) is 4.79 Å². The second-order valence-corrected chi connectivity index (χ2v) is 5.09. The predicted molar refractivity (Wildman–Crippen MR) is 85.6 cm³/mol. The van der Waals surface area contributed by atoms with E-state index in [1.165, 1.54) is 24.5 Å². The zero-order valence-corrected chi connectivity index (χ0v) is 13.4. The summed E-state index contributed by atoms with van der Waals surface area (Å²) in [5.41, 5.74) is -0.454. The van der Waals surface area contributed by atoms with Crippen molar-refractivity contribution in [3.8, 4) is 0 Å². The Kier molecular flexibility index (Phi) is 6.29. The second-order valence-electron chi connectivity index (χ2n) is 5.09. The van der Waals surface area contributed by atoms with Gasteiger partial charge in [0.25, 0.3) is 5.91 Å². The van der Waals surface area contributed by atoms with Crippen LogP contribution in [-0.2, 0) is 10.9 Å². The van der Waals surface area contributed by atoms with E-state index in [1.807, 2.05) is 0 Å². The Labute approximate surface area is 142 Å². The van der Waals surface area contributed by atoms with Crippen molar-refractivity contribution < 1.29 is 22.7 Å². The average Bonchev–Trinajstić information content (AvgIpc) is 2.58. The fourth-order valence-electron chi connectivity index (χ4n) is 1.98. The van der Waals surface area contributed by atoms with Crippen LogP contribution >= 0.6 is 0 Å². The minimum absolute atomic E-state index is 0.113. The van der Waals surface area contributed by atoms with E-state index in [9.17, 15) is 18.0 Å². The van der Waals surface area contributed by atoms with Crippen LogP contribution in [-0.4, -0.2) is 36.1 Å². The molecule has 0 aliphatic carbocycles. The number of carbonyl (C=O) groups excluding carboxylic acids is 1. The topological polar surface area (TPSA) is 76.1 Å². The Hall–Kier alpha value is -2.68. The van der Waals surface area contributed by atoms with Crippen LogP contribution in [0.15, 0.2) is 36.7 Å². The zero-order valence-electron chi connectivity index (χ0n) is 13.4. The summed E-state index contributed by atoms with van der Waals surface area (Å²) in [4.78, 5) is 19.8. The van der Waals surface area contributed by atoms with E-state index in [1.54, 1.807) is 7.11 Å². The summed E-state index contributed by atoms with van der Waals surface area (Å²) in [6, 6.07) is 6.07. The van der Waals surface area contributed by atoms with Crippen molar-refractivity contribution in [2.24, 2.45) is 0 Å². The fraction of sp³-hybridized carbons (Fsp3) is 0.312. The molecule has 1 heterocycles. The van der Waals surface area contributed by atoms with Crippen LogP contribution in [0.2, 0.25) is 0 Å². The molecule has 9 heteroatoms. The van der Waals surface area contributed by atoms with E-state index in [2.05, 4.69) is 20.6 Å². The first kappa shape index (κ1) is 18.7. The summed E-state index contributed by atoms with van der Waals surface area (Å²) >= 11 is 0. The Bertz CT molecular complexity index is 723. The smallest absolute Gasteiger partial charge is 0.385 e. The van der Waals surface area contributed by atoms with Gasteiger partial charge in [-0.1, -0.05) is 6.07 Å². The fourth-order valence-corrected chi connectivity index (χ4v) is 1.98. The molecule has 0 aliphatic heterocycles. The molecule has 25 heavy (non-hydrogen) atoms. The van der Waals surface area contributed by atoms with Gasteiger partial charge < -0.3 is 15.4 Å². The second kappa shape index (κ2) is 8.43. The first-order valence-electron chi connectivity index (χ1n) is 7.43. The van der Waals surface area contributed by atoms with Gasteiger partial charge in [-0.15, -0.1) is 0 Å². The summed E-state index contributed by atoms with van der Waals surface area (Å²) < 4.78 is 43.1. The molecule has 2 N–H and O–H groups in total. The van der Waals surface area contributed by atoms with Gasteiger partial charge in [-0.2, -0.15) is 13.2 Å². The molecule has 1 aromatic heterocycles. The van der Waals surface area contributed by atoms with E-state index < -0.39 is 17.6 Å². The van der Waals surface area contributed by atoms with Gasteiger partial charge >= 0.3 is 6.18 Å². The molecule has 1 amide bonds. The summed E-state index contributed by atoms with van der Waals surface area (Å²) in [6.07, 6.45) is -2.61. The number of hydrogen-bond acceptors (Lipinski definition) is 5. The molecule has 0 fully saturated rings. The summed E-state index contributed by atoms with van der Waals surface area (Å²) in [7, 11) is 1.57. The van der Waals surface area contributed by atoms with Gasteiger partial charge in [-0.05, 0) is 24.6 Å². The largest absolute Gasteiger partial charge is 0.416 e. The van der Waals surface area contributed by atoms with Gasteiger partial charge in [0.15, 0.2) is 0 Å². The molecule has 0 spiro atoms. The minimum Gasteiger partial charge on any atom is -0.385 e. The Morgan fingerprint density at radius 2 is 2.04 bits per heavy atom. The number of nitrogens with one attached hydrogen (secondary N) is 2. The maximum Gasteiger partial charge on any atom is 0.416 e. The zero-order chi connectivity index (χ0) is 18.3. The highest BCUT2D eigenvalue weighted by molar-refractivity contribution is 5.92. The number of methoxy groups -OCH3 is 1. The molecule has 0 aliphatic rings. The number of anilines is 2. The summed E-state index contributed by atoms with van der Waals surface area (Å²) in [5, 5.41) is 5.41. The first-order chi connectivity index (χ1) is 11.9. The lowest BCUT2D eigenvalue weighted by Crippen LogP contribution is -2.26. The van der Waals surface area contributed by atoms with Crippen molar-refractivity contribution in [2.45, 2.75) is 12.6 Å². The molecule has 134 valence electrons. The van der Waals surface area contributed by atoms with Gasteiger partial charge in [0.1, 0.15) is 17.8 Å². The van der Waals surface area contributed by atoms with Crippen LogP contribution in [0.5, 0.6) is 0 Å². The summed E-state index contributed by atoms with van der Waals surface area (Å²) in [5.74, 6) is -0.179. The molecule has 0 unspecified atom stereocenters. The van der Waals surface area contributed by atoms with Gasteiger partial charge in [0, 0.05) is 32.0 Å². The monoisotopic (exact) mass is 354 g/mol. The highest BCUT2D eigenvalue weighted by atomic mass is 19.4. The molecule has 6 nitrogen and oxygen atoms in total. The average molecular weight is 354 g/mol. The molecule has 0 atom stereocenters. The Morgan fingerprint density at radius 3 is 2.76 bits per heavy atom. The Balaban J connectivity index is 2.05. The molecular formula is C16H17F3N4O2. The Morgan fingerprint density at radius 1 is 1.24 bits per heavy atom. The van der Waals surface area contributed by atoms with Crippen molar-refractivity contribution in [2.75, 3.05) is 25.6 Å². The third-order valence-corrected chi connectivity index (χ3v) is 3.17. The van der Waals surface area contributed by atoms with Crippen molar-refractivity contribution >= 4 is 17.4 Å². The third kappa shape index (κ3) is 5.71. The van der Waals surface area contributed by atoms with Crippen molar-refractivity contribution in [3.05, 3.63) is 47.9 Å². The van der Waals surface area contributed by atoms with Crippen molar-refractivity contribution in [1.29, 1.82) is 0 Å². The molecule has 1 aromatic carbocycles. The molecule has 0 bridgehead atoms. The van der Waals surface area contributed by atoms with Crippen LogP contribution in [0.4, 0.5) is 24.7 Å².